The van der Waals surface area contributed by atoms with Crippen LogP contribution in [0.2, 0.25) is 0 Å². The van der Waals surface area contributed by atoms with Crippen LogP contribution in [0.5, 0.6) is 0 Å². The maximum absolute atomic E-state index is 13.3. The minimum atomic E-state index is -2.59. The molecular weight excluding hydrogens is 400 g/mol. The molecule has 3 heterocycles. The number of fused-ring (bicyclic) bond motifs is 2. The largest absolute Gasteiger partial charge is 0.368 e. The molecular formula is C23H26F2N5O+. The smallest absolute Gasteiger partial charge is 0.349 e. The first kappa shape index (κ1) is 19.9. The summed E-state index contributed by atoms with van der Waals surface area (Å²) in [5.41, 5.74) is 1.97. The molecule has 3 aromatic rings. The van der Waals surface area contributed by atoms with Crippen molar-refractivity contribution in [2.45, 2.75) is 44.2 Å². The number of imidazole rings is 1. The fourth-order valence-electron chi connectivity index (χ4n) is 4.97. The van der Waals surface area contributed by atoms with Gasteiger partial charge in [0.2, 0.25) is 0 Å². The van der Waals surface area contributed by atoms with Crippen molar-refractivity contribution >= 4 is 23.1 Å². The molecule has 1 unspecified atom stereocenters. The summed E-state index contributed by atoms with van der Waals surface area (Å²) >= 11 is 0. The highest BCUT2D eigenvalue weighted by atomic mass is 19.3. The average Bonchev–Trinajstić information content (AvgIpc) is 3.23. The van der Waals surface area contributed by atoms with Gasteiger partial charge in [0.25, 0.3) is 6.43 Å². The summed E-state index contributed by atoms with van der Waals surface area (Å²) in [4.78, 5) is 17.3. The zero-order chi connectivity index (χ0) is 21.6. The number of carbonyl (C=O) groups excluding carboxylic acids is 1. The minimum absolute atomic E-state index is 0.175. The molecule has 6 nitrogen and oxygen atoms in total. The van der Waals surface area contributed by atoms with Crippen LogP contribution < -0.4 is 10.6 Å². The Morgan fingerprint density at radius 1 is 1.13 bits per heavy atom. The number of alkyl halides is 2. The van der Waals surface area contributed by atoms with Gasteiger partial charge < -0.3 is 10.6 Å². The summed E-state index contributed by atoms with van der Waals surface area (Å²) in [7, 11) is 2.03. The number of para-hydroxylation sites is 1. The molecule has 8 heteroatoms. The number of amides is 1. The van der Waals surface area contributed by atoms with E-state index < -0.39 is 6.43 Å². The number of anilines is 2. The van der Waals surface area contributed by atoms with Crippen LogP contribution in [0.25, 0.3) is 5.65 Å². The van der Waals surface area contributed by atoms with Crippen LogP contribution in [0.15, 0.2) is 48.7 Å². The van der Waals surface area contributed by atoms with Gasteiger partial charge in [0.05, 0.1) is 18.8 Å². The Balaban J connectivity index is 1.28. The zero-order valence-corrected chi connectivity index (χ0v) is 17.4. The van der Waals surface area contributed by atoms with Gasteiger partial charge in [-0.15, -0.1) is 0 Å². The highest BCUT2D eigenvalue weighted by molar-refractivity contribution is 5.96. The first-order chi connectivity index (χ1) is 15.0. The van der Waals surface area contributed by atoms with Crippen LogP contribution in [-0.2, 0) is 0 Å². The number of rotatable bonds is 4. The summed E-state index contributed by atoms with van der Waals surface area (Å²) in [6.45, 7) is 0.601. The van der Waals surface area contributed by atoms with Gasteiger partial charge >= 0.3 is 5.91 Å². The SMILES string of the molecule is C[N+]1(C2CCC(Nc3cccc4nc(C(F)F)cn34)CC2)CNc2ccccc2C1=O. The highest BCUT2D eigenvalue weighted by Crippen LogP contribution is 2.34. The lowest BCUT2D eigenvalue weighted by molar-refractivity contribution is -0.854. The van der Waals surface area contributed by atoms with Crippen LogP contribution in [0.1, 0.15) is 48.2 Å². The number of nitrogens with zero attached hydrogens (tertiary/aromatic N) is 3. The van der Waals surface area contributed by atoms with Crippen LogP contribution in [0.3, 0.4) is 0 Å². The maximum atomic E-state index is 13.3. The molecule has 1 aromatic carbocycles. The molecule has 31 heavy (non-hydrogen) atoms. The molecule has 162 valence electrons. The molecule has 2 aliphatic rings. The number of benzene rings is 1. The van der Waals surface area contributed by atoms with Gasteiger partial charge in [-0.1, -0.05) is 18.2 Å². The monoisotopic (exact) mass is 426 g/mol. The number of nitrogens with one attached hydrogen (secondary N) is 2. The van der Waals surface area contributed by atoms with Crippen LogP contribution >= 0.6 is 0 Å². The van der Waals surface area contributed by atoms with E-state index in [1.54, 1.807) is 10.5 Å². The van der Waals surface area contributed by atoms with Gasteiger partial charge in [-0.2, -0.15) is 0 Å². The number of quaternary nitrogens is 1. The molecule has 0 spiro atoms. The summed E-state index contributed by atoms with van der Waals surface area (Å²) in [6.07, 6.45) is 2.49. The molecule has 0 radical (unpaired) electrons. The third-order valence-electron chi connectivity index (χ3n) is 6.81. The third kappa shape index (κ3) is 3.44. The minimum Gasteiger partial charge on any atom is -0.368 e. The van der Waals surface area contributed by atoms with Gasteiger partial charge in [-0.05, 0) is 37.1 Å². The second kappa shape index (κ2) is 7.60. The van der Waals surface area contributed by atoms with E-state index in [1.165, 1.54) is 6.20 Å². The fraction of sp³-hybridized carbons (Fsp3) is 0.391. The molecule has 2 aromatic heterocycles. The first-order valence-corrected chi connectivity index (χ1v) is 10.7. The van der Waals surface area contributed by atoms with Crippen LogP contribution in [-0.4, -0.2) is 45.6 Å². The maximum Gasteiger partial charge on any atom is 0.349 e. The van der Waals surface area contributed by atoms with Gasteiger partial charge in [0, 0.05) is 25.1 Å². The lowest BCUT2D eigenvalue weighted by Gasteiger charge is -2.44. The van der Waals surface area contributed by atoms with Crippen molar-refractivity contribution in [2.75, 3.05) is 24.3 Å². The van der Waals surface area contributed by atoms with Crippen molar-refractivity contribution in [3.63, 3.8) is 0 Å². The number of pyridine rings is 1. The zero-order valence-electron chi connectivity index (χ0n) is 17.4. The molecule has 0 saturated heterocycles. The lowest BCUT2D eigenvalue weighted by atomic mass is 9.88. The molecule has 1 aliphatic carbocycles. The predicted molar refractivity (Wildman–Crippen MR) is 115 cm³/mol. The van der Waals surface area contributed by atoms with Gasteiger partial charge in [0.15, 0.2) is 6.67 Å². The quantitative estimate of drug-likeness (QED) is 0.596. The standard InChI is InChI=1S/C23H25F2N5O/c1-30(14-26-18-6-3-2-5-17(18)23(30)31)16-11-9-15(10-12-16)27-20-7-4-8-21-28-19(22(24)25)13-29(20)21/h2-8,13,15-16,22H,9-12,14H2,1H3,(H-,26,27,28,31)/p+1. The van der Waals surface area contributed by atoms with Crippen molar-refractivity contribution < 1.29 is 18.1 Å². The number of hydrogen-bond acceptors (Lipinski definition) is 4. The Morgan fingerprint density at radius 2 is 1.90 bits per heavy atom. The molecule has 1 atom stereocenters. The Bertz CT molecular complexity index is 1120. The summed E-state index contributed by atoms with van der Waals surface area (Å²) in [6, 6.07) is 13.6. The summed E-state index contributed by atoms with van der Waals surface area (Å²) in [5.74, 6) is 0.943. The van der Waals surface area contributed by atoms with E-state index in [4.69, 9.17) is 0 Å². The molecule has 2 N–H and O–H groups in total. The predicted octanol–water partition coefficient (Wildman–Crippen LogP) is 4.67. The number of aromatic nitrogens is 2. The van der Waals surface area contributed by atoms with Crippen molar-refractivity contribution in [3.8, 4) is 0 Å². The lowest BCUT2D eigenvalue weighted by Crippen LogP contribution is -2.61. The molecule has 1 aliphatic heterocycles. The van der Waals surface area contributed by atoms with Gasteiger partial charge in [0.1, 0.15) is 22.7 Å². The van der Waals surface area contributed by atoms with Crippen LogP contribution in [0.4, 0.5) is 20.3 Å². The first-order valence-electron chi connectivity index (χ1n) is 10.7. The molecule has 0 bridgehead atoms. The molecule has 5 rings (SSSR count). The van der Waals surface area contributed by atoms with Gasteiger partial charge in [-0.25, -0.2) is 23.0 Å². The van der Waals surface area contributed by atoms with E-state index in [-0.39, 0.29) is 23.7 Å². The van der Waals surface area contributed by atoms with E-state index in [0.29, 0.717) is 16.8 Å². The Labute approximate surface area is 179 Å². The number of halogens is 2. The Hall–Kier alpha value is -3.00. The average molecular weight is 426 g/mol. The summed E-state index contributed by atoms with van der Waals surface area (Å²) in [5, 5.41) is 6.94. The Morgan fingerprint density at radius 3 is 2.68 bits per heavy atom. The fourth-order valence-corrected chi connectivity index (χ4v) is 4.97. The second-order valence-electron chi connectivity index (χ2n) is 8.71. The third-order valence-corrected chi connectivity index (χ3v) is 6.81. The molecule has 1 saturated carbocycles. The van der Waals surface area contributed by atoms with E-state index in [9.17, 15) is 13.6 Å². The van der Waals surface area contributed by atoms with Crippen molar-refractivity contribution in [1.29, 1.82) is 0 Å². The number of hydrogen-bond donors (Lipinski definition) is 2. The number of carbonyl (C=O) groups is 1. The van der Waals surface area contributed by atoms with Gasteiger partial charge in [-0.3, -0.25) is 4.40 Å². The second-order valence-corrected chi connectivity index (χ2v) is 8.71. The molecule has 1 fully saturated rings. The normalized spacial score (nSPS) is 26.0. The Kier molecular flexibility index (Phi) is 4.89. The topological polar surface area (TPSA) is 58.4 Å². The molecule has 1 amide bonds. The van der Waals surface area contributed by atoms with Crippen molar-refractivity contribution in [1.82, 2.24) is 9.38 Å². The van der Waals surface area contributed by atoms with E-state index >= 15 is 0 Å². The van der Waals surface area contributed by atoms with E-state index in [1.807, 2.05) is 43.4 Å². The van der Waals surface area contributed by atoms with E-state index in [2.05, 4.69) is 15.6 Å². The van der Waals surface area contributed by atoms with Crippen molar-refractivity contribution in [3.05, 3.63) is 59.9 Å². The van der Waals surface area contributed by atoms with Crippen LogP contribution in [0, 0.1) is 0 Å². The summed E-state index contributed by atoms with van der Waals surface area (Å²) < 4.78 is 28.2. The van der Waals surface area contributed by atoms with Crippen molar-refractivity contribution in [2.24, 2.45) is 0 Å². The highest BCUT2D eigenvalue weighted by Gasteiger charge is 2.45. The van der Waals surface area contributed by atoms with E-state index in [0.717, 1.165) is 42.8 Å².